The van der Waals surface area contributed by atoms with Crippen molar-refractivity contribution in [3.05, 3.63) is 34.7 Å². The zero-order chi connectivity index (χ0) is 16.6. The Kier molecular flexibility index (Phi) is 4.36. The Balaban J connectivity index is 1.70. The van der Waals surface area contributed by atoms with Gasteiger partial charge in [0.2, 0.25) is 0 Å². The minimum absolute atomic E-state index is 0.0998. The topological polar surface area (TPSA) is 66.0 Å². The number of pyridine rings is 1. The van der Waals surface area contributed by atoms with Crippen molar-refractivity contribution in [1.29, 1.82) is 0 Å². The fourth-order valence-corrected chi connectivity index (χ4v) is 3.41. The molecule has 0 spiro atoms. The number of nitrogens with two attached hydrogens (primary N) is 1. The van der Waals surface area contributed by atoms with E-state index in [9.17, 15) is 0 Å². The van der Waals surface area contributed by atoms with E-state index in [0.29, 0.717) is 5.92 Å². The van der Waals surface area contributed by atoms with E-state index in [4.69, 9.17) is 15.6 Å². The number of rotatable bonds is 3. The Hall–Kier alpha value is -1.56. The van der Waals surface area contributed by atoms with Crippen molar-refractivity contribution in [2.75, 3.05) is 5.73 Å². The lowest BCUT2D eigenvalue weighted by Gasteiger charge is -2.20. The van der Waals surface area contributed by atoms with Crippen molar-refractivity contribution in [1.82, 2.24) is 14.8 Å². The fraction of sp³-hybridized carbons (Fsp3) is 0.529. The summed E-state index contributed by atoms with van der Waals surface area (Å²) in [5, 5.41) is 4.74. The van der Waals surface area contributed by atoms with E-state index in [1.54, 1.807) is 12.4 Å². The normalized spacial score (nSPS) is 21.6. The summed E-state index contributed by atoms with van der Waals surface area (Å²) < 4.78 is 8.94. The number of anilines is 1. The monoisotopic (exact) mass is 378 g/mol. The lowest BCUT2D eigenvalue weighted by atomic mass is 10.0. The molecule has 124 valence electrons. The van der Waals surface area contributed by atoms with E-state index in [1.807, 2.05) is 16.8 Å². The molecule has 2 N–H and O–H groups in total. The minimum atomic E-state index is -0.0998. The fourth-order valence-electron chi connectivity index (χ4n) is 3.10. The maximum atomic E-state index is 6.13. The molecule has 2 aromatic rings. The van der Waals surface area contributed by atoms with Gasteiger partial charge in [0.15, 0.2) is 5.75 Å². The van der Waals surface area contributed by atoms with Gasteiger partial charge in [-0.1, -0.05) is 0 Å². The summed E-state index contributed by atoms with van der Waals surface area (Å²) in [6.45, 7) is 6.34. The quantitative estimate of drug-likeness (QED) is 0.872. The highest BCUT2D eigenvalue weighted by molar-refractivity contribution is 9.10. The summed E-state index contributed by atoms with van der Waals surface area (Å²) in [5.41, 5.74) is 7.11. The van der Waals surface area contributed by atoms with Gasteiger partial charge in [0.25, 0.3) is 0 Å². The third-order valence-electron chi connectivity index (χ3n) is 4.22. The van der Waals surface area contributed by atoms with Gasteiger partial charge in [-0.15, -0.1) is 0 Å². The molecule has 6 heteroatoms. The molecule has 1 fully saturated rings. The maximum absolute atomic E-state index is 6.13. The van der Waals surface area contributed by atoms with Crippen molar-refractivity contribution in [2.24, 2.45) is 0 Å². The highest BCUT2D eigenvalue weighted by Gasteiger charge is 2.31. The first-order chi connectivity index (χ1) is 10.8. The molecular formula is C17H23BrN4O. The van der Waals surface area contributed by atoms with Crippen molar-refractivity contribution in [2.45, 2.75) is 57.6 Å². The SMILES string of the molecule is CC(C)(C)n1nc([C@H]2CC[C@@H](Oc3cnccc3Br)C2)cc1N. The van der Waals surface area contributed by atoms with E-state index in [-0.39, 0.29) is 11.6 Å². The first-order valence-electron chi connectivity index (χ1n) is 7.96. The molecule has 1 aliphatic rings. The molecule has 0 unspecified atom stereocenters. The maximum Gasteiger partial charge on any atom is 0.152 e. The molecule has 0 saturated heterocycles. The first-order valence-corrected chi connectivity index (χ1v) is 8.76. The lowest BCUT2D eigenvalue weighted by Crippen LogP contribution is -2.24. The van der Waals surface area contributed by atoms with Gasteiger partial charge in [-0.3, -0.25) is 4.98 Å². The van der Waals surface area contributed by atoms with Crippen LogP contribution in [0.1, 0.15) is 51.6 Å². The molecule has 0 aliphatic heterocycles. The van der Waals surface area contributed by atoms with Crippen LogP contribution in [0.2, 0.25) is 0 Å². The van der Waals surface area contributed by atoms with Crippen molar-refractivity contribution >= 4 is 21.7 Å². The Morgan fingerprint density at radius 2 is 2.13 bits per heavy atom. The molecule has 3 rings (SSSR count). The largest absolute Gasteiger partial charge is 0.488 e. The van der Waals surface area contributed by atoms with Crippen molar-refractivity contribution < 1.29 is 4.74 Å². The molecule has 1 aliphatic carbocycles. The highest BCUT2D eigenvalue weighted by atomic mass is 79.9. The highest BCUT2D eigenvalue weighted by Crippen LogP contribution is 2.38. The van der Waals surface area contributed by atoms with Crippen LogP contribution in [0.3, 0.4) is 0 Å². The number of ether oxygens (including phenoxy) is 1. The number of hydrogen-bond donors (Lipinski definition) is 1. The van der Waals surface area contributed by atoms with Gasteiger partial charge in [0.1, 0.15) is 5.82 Å². The van der Waals surface area contributed by atoms with E-state index < -0.39 is 0 Å². The van der Waals surface area contributed by atoms with Gasteiger partial charge in [0, 0.05) is 18.2 Å². The van der Waals surface area contributed by atoms with E-state index in [2.05, 4.69) is 41.7 Å². The van der Waals surface area contributed by atoms with Crippen LogP contribution in [0.5, 0.6) is 5.75 Å². The van der Waals surface area contributed by atoms with Gasteiger partial charge in [-0.25, -0.2) is 4.68 Å². The van der Waals surface area contributed by atoms with Crippen LogP contribution in [0.4, 0.5) is 5.82 Å². The predicted octanol–water partition coefficient (Wildman–Crippen LogP) is 4.09. The zero-order valence-electron chi connectivity index (χ0n) is 13.8. The summed E-state index contributed by atoms with van der Waals surface area (Å²) in [6.07, 6.45) is 6.75. The zero-order valence-corrected chi connectivity index (χ0v) is 15.4. The summed E-state index contributed by atoms with van der Waals surface area (Å²) >= 11 is 3.50. The molecule has 2 aromatic heterocycles. The third-order valence-corrected chi connectivity index (χ3v) is 4.88. The van der Waals surface area contributed by atoms with Crippen molar-refractivity contribution in [3.63, 3.8) is 0 Å². The summed E-state index contributed by atoms with van der Waals surface area (Å²) in [7, 11) is 0. The van der Waals surface area contributed by atoms with Gasteiger partial charge in [0.05, 0.1) is 28.0 Å². The second-order valence-corrected chi connectivity index (χ2v) is 7.99. The minimum Gasteiger partial charge on any atom is -0.488 e. The number of hydrogen-bond acceptors (Lipinski definition) is 4. The third kappa shape index (κ3) is 3.52. The predicted molar refractivity (Wildman–Crippen MR) is 94.6 cm³/mol. The average molecular weight is 379 g/mol. The molecule has 0 bridgehead atoms. The molecule has 0 radical (unpaired) electrons. The van der Waals surface area contributed by atoms with Gasteiger partial charge in [-0.05, 0) is 62.0 Å². The molecule has 1 saturated carbocycles. The smallest absolute Gasteiger partial charge is 0.152 e. The standard InChI is InChI=1S/C17H23BrN4O/c1-17(2,3)22-16(19)9-14(21-22)11-4-5-12(8-11)23-15-10-20-7-6-13(15)18/h6-7,9-12H,4-5,8,19H2,1-3H3/t11-,12+/m0/s1. The molecule has 0 amide bonds. The Morgan fingerprint density at radius 1 is 1.35 bits per heavy atom. The van der Waals surface area contributed by atoms with Gasteiger partial charge < -0.3 is 10.5 Å². The van der Waals surface area contributed by atoms with Crippen LogP contribution >= 0.6 is 15.9 Å². The van der Waals surface area contributed by atoms with Crippen LogP contribution in [0.25, 0.3) is 0 Å². The first kappa shape index (κ1) is 16.3. The molecule has 23 heavy (non-hydrogen) atoms. The van der Waals surface area contributed by atoms with E-state index >= 15 is 0 Å². The summed E-state index contributed by atoms with van der Waals surface area (Å²) in [5.74, 6) is 1.94. The lowest BCUT2D eigenvalue weighted by molar-refractivity contribution is 0.205. The van der Waals surface area contributed by atoms with E-state index in [0.717, 1.165) is 41.0 Å². The van der Waals surface area contributed by atoms with Crippen LogP contribution in [0, 0.1) is 0 Å². The number of nitrogens with zero attached hydrogens (tertiary/aromatic N) is 3. The Morgan fingerprint density at radius 3 is 2.78 bits per heavy atom. The summed E-state index contributed by atoms with van der Waals surface area (Å²) in [6, 6.07) is 3.91. The second-order valence-electron chi connectivity index (χ2n) is 7.13. The van der Waals surface area contributed by atoms with Crippen LogP contribution in [-0.2, 0) is 5.54 Å². The average Bonchev–Trinajstić information content (AvgIpc) is 3.07. The van der Waals surface area contributed by atoms with Crippen LogP contribution in [0.15, 0.2) is 29.0 Å². The number of nitrogen functional groups attached to an aromatic ring is 1. The second kappa shape index (κ2) is 6.15. The molecule has 0 aromatic carbocycles. The number of aromatic nitrogens is 3. The molecule has 2 atom stereocenters. The van der Waals surface area contributed by atoms with Crippen LogP contribution < -0.4 is 10.5 Å². The van der Waals surface area contributed by atoms with Crippen molar-refractivity contribution in [3.8, 4) is 5.75 Å². The molecule has 5 nitrogen and oxygen atoms in total. The molecule has 2 heterocycles. The Labute approximate surface area is 145 Å². The Bertz CT molecular complexity index is 692. The van der Waals surface area contributed by atoms with Gasteiger partial charge >= 0.3 is 0 Å². The summed E-state index contributed by atoms with van der Waals surface area (Å²) in [4.78, 5) is 4.12. The number of halogens is 1. The van der Waals surface area contributed by atoms with Gasteiger partial charge in [-0.2, -0.15) is 5.10 Å². The van der Waals surface area contributed by atoms with Crippen LogP contribution in [-0.4, -0.2) is 20.9 Å². The van der Waals surface area contributed by atoms with E-state index in [1.165, 1.54) is 0 Å². The molecular weight excluding hydrogens is 356 g/mol.